The molecule has 4 rings (SSSR count). The van der Waals surface area contributed by atoms with E-state index in [1.165, 1.54) is 5.56 Å². The van der Waals surface area contributed by atoms with Crippen molar-refractivity contribution in [1.82, 2.24) is 20.0 Å². The largest absolute Gasteiger partial charge is 0.379 e. The Morgan fingerprint density at radius 3 is 2.11 bits per heavy atom. The third kappa shape index (κ3) is 19.8. The van der Waals surface area contributed by atoms with Crippen LogP contribution in [0.1, 0.15) is 52.5 Å². The monoisotopic (exact) mass is 661 g/mol. The molecule has 3 saturated heterocycles. The predicted molar refractivity (Wildman–Crippen MR) is 192 cm³/mol. The maximum atomic E-state index is 10.1. The summed E-state index contributed by atoms with van der Waals surface area (Å²) < 4.78 is 5.10. The highest BCUT2D eigenvalue weighted by Gasteiger charge is 2.38. The lowest BCUT2D eigenvalue weighted by molar-refractivity contribution is -0.109. The summed E-state index contributed by atoms with van der Waals surface area (Å²) in [5, 5.41) is 14.6. The quantitative estimate of drug-likeness (QED) is 0.225. The minimum atomic E-state index is 0.0256. The van der Waals surface area contributed by atoms with Crippen LogP contribution < -0.4 is 5.32 Å². The zero-order chi connectivity index (χ0) is 34.3. The average Bonchev–Trinajstić information content (AvgIpc) is 3.42. The zero-order valence-corrected chi connectivity index (χ0v) is 30.2. The third-order valence-electron chi connectivity index (χ3n) is 7.49. The van der Waals surface area contributed by atoms with Crippen molar-refractivity contribution in [3.8, 4) is 18.9 Å². The second-order valence-electron chi connectivity index (χ2n) is 12.5. The number of hydrogen-bond donors (Lipinski definition) is 1. The Hall–Kier alpha value is -2.20. The van der Waals surface area contributed by atoms with Crippen LogP contribution in [0.25, 0.3) is 0 Å². The first kappa shape index (κ1) is 42.8. The molecule has 1 aromatic carbocycles. The van der Waals surface area contributed by atoms with E-state index < -0.39 is 0 Å². The summed E-state index contributed by atoms with van der Waals surface area (Å²) in [6.07, 6.45) is 15.6. The number of nitrogens with one attached hydrogen (secondary N) is 1. The van der Waals surface area contributed by atoms with Gasteiger partial charge in [-0.2, -0.15) is 5.26 Å². The number of piperazine rings is 1. The summed E-state index contributed by atoms with van der Waals surface area (Å²) in [7, 11) is 4.22. The van der Waals surface area contributed by atoms with Gasteiger partial charge < -0.3 is 24.6 Å². The molecule has 0 aliphatic carbocycles. The van der Waals surface area contributed by atoms with Crippen LogP contribution in [-0.2, 0) is 9.53 Å². The first-order valence-corrected chi connectivity index (χ1v) is 16.5. The molecule has 3 aliphatic heterocycles. The van der Waals surface area contributed by atoms with E-state index in [4.69, 9.17) is 27.9 Å². The number of benzene rings is 1. The fraction of sp³-hybridized carbons (Fsp3) is 0.611. The molecule has 0 saturated carbocycles. The first-order valence-electron chi connectivity index (χ1n) is 15.7. The van der Waals surface area contributed by atoms with Crippen LogP contribution in [0.2, 0.25) is 5.02 Å². The van der Waals surface area contributed by atoms with Gasteiger partial charge in [-0.3, -0.25) is 4.90 Å². The molecule has 1 N–H and O–H groups in total. The molecule has 0 aromatic heterocycles. The summed E-state index contributed by atoms with van der Waals surface area (Å²) >= 11 is 11.6. The number of likely N-dealkylation sites (N-methyl/N-ethyl adjacent to an activating group) is 2. The lowest BCUT2D eigenvalue weighted by atomic mass is 9.79. The number of hydrogen-bond acceptors (Lipinski definition) is 7. The summed E-state index contributed by atoms with van der Waals surface area (Å²) in [6, 6.07) is 10.7. The SMILES string of the molecule is C#C.C/C=C\C(Cl)=C/C.CC(C)(C)CC1NCC(c2cccc(Cl)c2)C1C#N.CN1CCN(CC=O)CC1.CN1CCOCC1. The van der Waals surface area contributed by atoms with Gasteiger partial charge in [-0.1, -0.05) is 68.3 Å². The third-order valence-corrected chi connectivity index (χ3v) is 8.07. The van der Waals surface area contributed by atoms with E-state index in [-0.39, 0.29) is 23.3 Å². The van der Waals surface area contributed by atoms with E-state index in [9.17, 15) is 10.1 Å². The lowest BCUT2D eigenvalue weighted by Crippen LogP contribution is -2.44. The molecule has 0 bridgehead atoms. The number of ether oxygens (including phenoxy) is 1. The van der Waals surface area contributed by atoms with Crippen LogP contribution in [0.4, 0.5) is 0 Å². The summed E-state index contributed by atoms with van der Waals surface area (Å²) in [4.78, 5) is 16.8. The van der Waals surface area contributed by atoms with Crippen LogP contribution in [0, 0.1) is 35.5 Å². The minimum absolute atomic E-state index is 0.0256. The van der Waals surface area contributed by atoms with E-state index in [0.717, 1.165) is 81.8 Å². The Bertz CT molecular complexity index is 1050. The number of rotatable bonds is 5. The highest BCUT2D eigenvalue weighted by molar-refractivity contribution is 6.31. The molecule has 3 heterocycles. The Kier molecular flexibility index (Phi) is 23.7. The van der Waals surface area contributed by atoms with Gasteiger partial charge in [-0.15, -0.1) is 12.8 Å². The number of morpholine rings is 1. The number of nitriles is 1. The van der Waals surface area contributed by atoms with Gasteiger partial charge in [0.2, 0.25) is 0 Å². The Labute approximate surface area is 284 Å². The molecule has 3 aliphatic rings. The average molecular weight is 663 g/mol. The fourth-order valence-corrected chi connectivity index (χ4v) is 5.28. The smallest absolute Gasteiger partial charge is 0.133 e. The standard InChI is InChI=1S/C16H21ClN2.C7H14N2O.C6H9Cl.C5H11NO.C2H2/c1-16(2,3)8-15-13(9-18)14(10-19-15)11-5-4-6-12(17)7-11;1-8-2-4-9(5-3-8)6-7-10;1-3-5-6(7)4-2;1-6-2-4-7-5-3-6;1-2/h4-7,13-15,19H,8,10H2,1-3H3;7H,2-6H2,1H3;3-5H,1-2H3;2-5H2,1H3;1-2H/b;;5-3-,6-4+;;. The molecular weight excluding hydrogens is 605 g/mol. The number of aldehydes is 1. The molecule has 3 unspecified atom stereocenters. The molecule has 1 aromatic rings. The molecule has 9 heteroatoms. The highest BCUT2D eigenvalue weighted by Crippen LogP contribution is 2.37. The van der Waals surface area contributed by atoms with E-state index in [2.05, 4.69) is 79.9 Å². The van der Waals surface area contributed by atoms with Crippen LogP contribution in [0.5, 0.6) is 0 Å². The predicted octanol–water partition coefficient (Wildman–Crippen LogP) is 6.31. The van der Waals surface area contributed by atoms with Gasteiger partial charge in [0.05, 0.1) is 31.7 Å². The molecule has 7 nitrogen and oxygen atoms in total. The normalized spacial score (nSPS) is 22.6. The maximum Gasteiger partial charge on any atom is 0.133 e. The number of carbonyl (C=O) groups is 1. The molecular formula is C36H57Cl2N5O2. The summed E-state index contributed by atoms with van der Waals surface area (Å²) in [5.74, 6) is 0.272. The highest BCUT2D eigenvalue weighted by atomic mass is 35.5. The second kappa shape index (κ2) is 25.0. The van der Waals surface area contributed by atoms with Crippen LogP contribution >= 0.6 is 23.2 Å². The molecule has 0 amide bonds. The minimum Gasteiger partial charge on any atom is -0.379 e. The first-order chi connectivity index (χ1) is 21.4. The zero-order valence-electron chi connectivity index (χ0n) is 28.6. The van der Waals surface area contributed by atoms with E-state index in [1.807, 2.05) is 50.3 Å². The van der Waals surface area contributed by atoms with Crippen LogP contribution in [0.15, 0.2) is 47.5 Å². The van der Waals surface area contributed by atoms with Gasteiger partial charge in [-0.25, -0.2) is 0 Å². The Morgan fingerprint density at radius 1 is 1.09 bits per heavy atom. The van der Waals surface area contributed by atoms with Gasteiger partial charge in [0.1, 0.15) is 6.29 Å². The van der Waals surface area contributed by atoms with Crippen molar-refractivity contribution in [3.05, 3.63) is 58.1 Å². The topological polar surface area (TPSA) is 71.8 Å². The van der Waals surface area contributed by atoms with Gasteiger partial charge in [-0.05, 0) is 63.6 Å². The lowest BCUT2D eigenvalue weighted by Gasteiger charge is -2.30. The van der Waals surface area contributed by atoms with Crippen molar-refractivity contribution in [2.24, 2.45) is 11.3 Å². The van der Waals surface area contributed by atoms with Gasteiger partial charge in [0, 0.05) is 67.8 Å². The van der Waals surface area contributed by atoms with Crippen molar-refractivity contribution in [2.45, 2.75) is 53.0 Å². The van der Waals surface area contributed by atoms with Gasteiger partial charge in [0.25, 0.3) is 0 Å². The number of allylic oxidation sites excluding steroid dienone is 4. The van der Waals surface area contributed by atoms with Crippen LogP contribution in [-0.4, -0.2) is 107 Å². The summed E-state index contributed by atoms with van der Waals surface area (Å²) in [5.41, 5.74) is 1.40. The van der Waals surface area contributed by atoms with E-state index in [0.29, 0.717) is 6.54 Å². The molecule has 0 spiro atoms. The van der Waals surface area contributed by atoms with E-state index >= 15 is 0 Å². The van der Waals surface area contributed by atoms with Gasteiger partial charge in [0.15, 0.2) is 0 Å². The Balaban J connectivity index is 0.000000625. The fourth-order valence-electron chi connectivity index (χ4n) is 4.96. The molecule has 3 atom stereocenters. The molecule has 0 radical (unpaired) electrons. The van der Waals surface area contributed by atoms with E-state index in [1.54, 1.807) is 0 Å². The molecule has 3 fully saturated rings. The number of halogens is 2. The molecule has 252 valence electrons. The van der Waals surface area contributed by atoms with Crippen molar-refractivity contribution in [3.63, 3.8) is 0 Å². The summed E-state index contributed by atoms with van der Waals surface area (Å²) in [6.45, 7) is 20.2. The van der Waals surface area contributed by atoms with Crippen molar-refractivity contribution >= 4 is 29.5 Å². The Morgan fingerprint density at radius 2 is 1.69 bits per heavy atom. The van der Waals surface area contributed by atoms with Crippen molar-refractivity contribution in [2.75, 3.05) is 79.7 Å². The second-order valence-corrected chi connectivity index (χ2v) is 13.3. The maximum absolute atomic E-state index is 10.1. The number of terminal acetylenes is 1. The van der Waals surface area contributed by atoms with Crippen LogP contribution in [0.3, 0.4) is 0 Å². The number of nitrogens with zero attached hydrogens (tertiary/aromatic N) is 4. The van der Waals surface area contributed by atoms with Gasteiger partial charge >= 0.3 is 0 Å². The number of carbonyl (C=O) groups excluding carboxylic acids is 1. The van der Waals surface area contributed by atoms with Crippen molar-refractivity contribution < 1.29 is 9.53 Å². The molecule has 45 heavy (non-hydrogen) atoms. The van der Waals surface area contributed by atoms with Crippen molar-refractivity contribution in [1.29, 1.82) is 5.26 Å².